The van der Waals surface area contributed by atoms with Crippen LogP contribution in [0.2, 0.25) is 0 Å². The lowest BCUT2D eigenvalue weighted by atomic mass is 10.0. The molecule has 1 heterocycles. The maximum atomic E-state index is 12.2. The summed E-state index contributed by atoms with van der Waals surface area (Å²) >= 11 is 0. The van der Waals surface area contributed by atoms with E-state index in [1.165, 1.54) is 6.20 Å². The number of aliphatic hydroxyl groups is 1. The minimum Gasteiger partial charge on any atom is -0.391 e. The Balaban J connectivity index is 2.06. The van der Waals surface area contributed by atoms with Crippen molar-refractivity contribution in [2.75, 3.05) is 6.54 Å². The number of benzene rings is 1. The number of amides is 1. The molecule has 2 rings (SSSR count). The molecular formula is C16H21N3O2. The van der Waals surface area contributed by atoms with E-state index in [9.17, 15) is 9.90 Å². The van der Waals surface area contributed by atoms with Gasteiger partial charge >= 0.3 is 0 Å². The lowest BCUT2D eigenvalue weighted by Gasteiger charge is -2.17. The molecule has 0 fully saturated rings. The Bertz CT molecular complexity index is 580. The van der Waals surface area contributed by atoms with Gasteiger partial charge in [-0.05, 0) is 18.1 Å². The van der Waals surface area contributed by atoms with Gasteiger partial charge in [0.2, 0.25) is 0 Å². The van der Waals surface area contributed by atoms with E-state index in [-0.39, 0.29) is 18.4 Å². The highest BCUT2D eigenvalue weighted by Crippen LogP contribution is 2.11. The van der Waals surface area contributed by atoms with E-state index in [1.54, 1.807) is 10.9 Å². The zero-order chi connectivity index (χ0) is 15.2. The summed E-state index contributed by atoms with van der Waals surface area (Å²) in [5.74, 6) is -0.0805. The van der Waals surface area contributed by atoms with Gasteiger partial charge in [0.1, 0.15) is 5.69 Å². The third kappa shape index (κ3) is 3.70. The van der Waals surface area contributed by atoms with Gasteiger partial charge in [-0.3, -0.25) is 9.36 Å². The van der Waals surface area contributed by atoms with Gasteiger partial charge in [-0.2, -0.15) is 0 Å². The first-order valence-corrected chi connectivity index (χ1v) is 7.17. The lowest BCUT2D eigenvalue weighted by molar-refractivity contribution is 0.0844. The standard InChI is InChI=1S/C16H21N3O2/c1-3-12(2)15(20)10-18-16(21)14-9-17-11-19(14)13-7-5-4-6-8-13/h4-9,11-12,15,20H,3,10H2,1-2H3,(H,18,21). The molecule has 21 heavy (non-hydrogen) atoms. The van der Waals surface area contributed by atoms with E-state index in [4.69, 9.17) is 0 Å². The van der Waals surface area contributed by atoms with Gasteiger partial charge in [-0.15, -0.1) is 0 Å². The second-order valence-electron chi connectivity index (χ2n) is 5.15. The largest absolute Gasteiger partial charge is 0.391 e. The molecule has 0 saturated carbocycles. The monoisotopic (exact) mass is 287 g/mol. The smallest absolute Gasteiger partial charge is 0.270 e. The molecule has 1 amide bonds. The number of nitrogens with zero attached hydrogens (tertiary/aromatic N) is 2. The first-order chi connectivity index (χ1) is 10.1. The van der Waals surface area contributed by atoms with Crippen LogP contribution in [0, 0.1) is 5.92 Å². The lowest BCUT2D eigenvalue weighted by Crippen LogP contribution is -2.36. The highest BCUT2D eigenvalue weighted by molar-refractivity contribution is 5.93. The number of carbonyl (C=O) groups excluding carboxylic acids is 1. The molecule has 0 aliphatic carbocycles. The van der Waals surface area contributed by atoms with Crippen LogP contribution >= 0.6 is 0 Å². The highest BCUT2D eigenvalue weighted by atomic mass is 16.3. The summed E-state index contributed by atoms with van der Waals surface area (Å²) in [5, 5.41) is 12.7. The van der Waals surface area contributed by atoms with Crippen molar-refractivity contribution in [3.63, 3.8) is 0 Å². The first-order valence-electron chi connectivity index (χ1n) is 7.17. The van der Waals surface area contributed by atoms with Crippen LogP contribution in [-0.4, -0.2) is 33.2 Å². The Kier molecular flexibility index (Phi) is 5.11. The van der Waals surface area contributed by atoms with Crippen molar-refractivity contribution in [2.45, 2.75) is 26.4 Å². The van der Waals surface area contributed by atoms with E-state index in [0.29, 0.717) is 5.69 Å². The fraction of sp³-hybridized carbons (Fsp3) is 0.375. The molecule has 0 radical (unpaired) electrons. The van der Waals surface area contributed by atoms with Gasteiger partial charge in [-0.25, -0.2) is 4.98 Å². The van der Waals surface area contributed by atoms with Crippen LogP contribution in [0.1, 0.15) is 30.8 Å². The number of hydrogen-bond acceptors (Lipinski definition) is 3. The normalized spacial score (nSPS) is 13.7. The van der Waals surface area contributed by atoms with Crippen molar-refractivity contribution in [3.8, 4) is 5.69 Å². The summed E-state index contributed by atoms with van der Waals surface area (Å²) in [4.78, 5) is 16.3. The second kappa shape index (κ2) is 7.04. The Morgan fingerprint density at radius 3 is 2.76 bits per heavy atom. The third-order valence-corrected chi connectivity index (χ3v) is 3.68. The molecule has 2 atom stereocenters. The highest BCUT2D eigenvalue weighted by Gasteiger charge is 2.16. The number of hydrogen-bond donors (Lipinski definition) is 2. The maximum Gasteiger partial charge on any atom is 0.270 e. The molecule has 5 nitrogen and oxygen atoms in total. The molecule has 2 N–H and O–H groups in total. The van der Waals surface area contributed by atoms with Crippen LogP contribution in [-0.2, 0) is 0 Å². The predicted octanol–water partition coefficient (Wildman–Crippen LogP) is 2.01. The summed E-state index contributed by atoms with van der Waals surface area (Å²) in [6.45, 7) is 4.22. The molecule has 0 bridgehead atoms. The minimum absolute atomic E-state index is 0.157. The number of para-hydroxylation sites is 1. The zero-order valence-electron chi connectivity index (χ0n) is 12.4. The third-order valence-electron chi connectivity index (χ3n) is 3.68. The molecule has 0 spiro atoms. The van der Waals surface area contributed by atoms with Crippen LogP contribution in [0.3, 0.4) is 0 Å². The molecule has 2 unspecified atom stereocenters. The molecule has 1 aromatic heterocycles. The zero-order valence-corrected chi connectivity index (χ0v) is 12.4. The molecule has 112 valence electrons. The minimum atomic E-state index is -0.535. The van der Waals surface area contributed by atoms with Gasteiger partial charge in [-0.1, -0.05) is 38.5 Å². The quantitative estimate of drug-likeness (QED) is 0.854. The van der Waals surface area contributed by atoms with Crippen molar-refractivity contribution in [2.24, 2.45) is 5.92 Å². The fourth-order valence-corrected chi connectivity index (χ4v) is 2.02. The van der Waals surface area contributed by atoms with E-state index < -0.39 is 6.10 Å². The van der Waals surface area contributed by atoms with Crippen molar-refractivity contribution in [1.29, 1.82) is 0 Å². The Hall–Kier alpha value is -2.14. The first kappa shape index (κ1) is 15.3. The van der Waals surface area contributed by atoms with E-state index in [2.05, 4.69) is 10.3 Å². The number of carbonyl (C=O) groups is 1. The summed E-state index contributed by atoms with van der Waals surface area (Å²) < 4.78 is 1.73. The Morgan fingerprint density at radius 1 is 1.38 bits per heavy atom. The summed E-state index contributed by atoms with van der Waals surface area (Å²) in [7, 11) is 0. The Morgan fingerprint density at radius 2 is 2.10 bits per heavy atom. The molecule has 2 aromatic rings. The summed E-state index contributed by atoms with van der Waals surface area (Å²) in [6.07, 6.45) is 3.47. The van der Waals surface area contributed by atoms with Crippen LogP contribution < -0.4 is 5.32 Å². The number of nitrogens with one attached hydrogen (secondary N) is 1. The van der Waals surface area contributed by atoms with Crippen molar-refractivity contribution < 1.29 is 9.90 Å². The number of rotatable bonds is 6. The van der Waals surface area contributed by atoms with Gasteiger partial charge in [0, 0.05) is 12.2 Å². The predicted molar refractivity (Wildman–Crippen MR) is 81.4 cm³/mol. The maximum absolute atomic E-state index is 12.2. The average Bonchev–Trinajstić information content (AvgIpc) is 3.01. The van der Waals surface area contributed by atoms with Crippen LogP contribution in [0.4, 0.5) is 0 Å². The van der Waals surface area contributed by atoms with Crippen molar-refractivity contribution >= 4 is 5.91 Å². The van der Waals surface area contributed by atoms with Crippen molar-refractivity contribution in [1.82, 2.24) is 14.9 Å². The van der Waals surface area contributed by atoms with E-state index in [0.717, 1.165) is 12.1 Å². The Labute approximate surface area is 124 Å². The van der Waals surface area contributed by atoms with Crippen LogP contribution in [0.25, 0.3) is 5.69 Å². The molecular weight excluding hydrogens is 266 g/mol. The van der Waals surface area contributed by atoms with E-state index >= 15 is 0 Å². The topological polar surface area (TPSA) is 67.2 Å². The van der Waals surface area contributed by atoms with Gasteiger partial charge in [0.25, 0.3) is 5.91 Å². The summed E-state index contributed by atoms with van der Waals surface area (Å²) in [5.41, 5.74) is 1.33. The van der Waals surface area contributed by atoms with Crippen molar-refractivity contribution in [3.05, 3.63) is 48.5 Å². The van der Waals surface area contributed by atoms with Gasteiger partial charge in [0.05, 0.1) is 18.6 Å². The molecule has 1 aromatic carbocycles. The number of aliphatic hydroxyl groups excluding tert-OH is 1. The molecule has 0 aliphatic heterocycles. The van der Waals surface area contributed by atoms with Crippen LogP contribution in [0.5, 0.6) is 0 Å². The molecule has 0 aliphatic rings. The van der Waals surface area contributed by atoms with E-state index in [1.807, 2.05) is 44.2 Å². The molecule has 5 heteroatoms. The van der Waals surface area contributed by atoms with Crippen LogP contribution in [0.15, 0.2) is 42.9 Å². The van der Waals surface area contributed by atoms with Gasteiger partial charge < -0.3 is 10.4 Å². The van der Waals surface area contributed by atoms with Gasteiger partial charge in [0.15, 0.2) is 0 Å². The second-order valence-corrected chi connectivity index (χ2v) is 5.15. The average molecular weight is 287 g/mol. The SMILES string of the molecule is CCC(C)C(O)CNC(=O)c1cncn1-c1ccccc1. The summed E-state index contributed by atoms with van der Waals surface area (Å²) in [6, 6.07) is 9.55. The number of aromatic nitrogens is 2. The molecule has 0 saturated heterocycles. The fourth-order valence-electron chi connectivity index (χ4n) is 2.02. The number of imidazole rings is 1.